The summed E-state index contributed by atoms with van der Waals surface area (Å²) in [5, 5.41) is 0. The van der Waals surface area contributed by atoms with Gasteiger partial charge in [-0.3, -0.25) is 0 Å². The van der Waals surface area contributed by atoms with Crippen molar-refractivity contribution in [3.63, 3.8) is 0 Å². The summed E-state index contributed by atoms with van der Waals surface area (Å²) in [6, 6.07) is 0. The van der Waals surface area contributed by atoms with Gasteiger partial charge in [-0.05, 0) is 0 Å². The number of hydrogen-bond acceptors (Lipinski definition) is 2. The van der Waals surface area contributed by atoms with E-state index in [0.717, 1.165) is 0 Å². The number of rotatable bonds is 2. The van der Waals surface area contributed by atoms with E-state index in [-0.39, 0.29) is 0 Å². The van der Waals surface area contributed by atoms with Crippen LogP contribution in [-0.2, 0) is 0 Å². The molecular weight excluding hydrogens is 522 g/mol. The Labute approximate surface area is 181 Å². The van der Waals surface area contributed by atoms with Gasteiger partial charge in [0.1, 0.15) is 0 Å². The van der Waals surface area contributed by atoms with Gasteiger partial charge in [0, 0.05) is 0 Å². The van der Waals surface area contributed by atoms with Gasteiger partial charge in [0.25, 0.3) is 0 Å². The zero-order chi connectivity index (χ0) is 19.0. The van der Waals surface area contributed by atoms with E-state index >= 15 is 0 Å². The first-order valence-electron chi connectivity index (χ1n) is 12.1. The molecule has 0 spiro atoms. The third-order valence-electron chi connectivity index (χ3n) is 6.67. The average molecular weight is 570 g/mol. The van der Waals surface area contributed by atoms with Gasteiger partial charge in [-0.2, -0.15) is 0 Å². The maximum atomic E-state index is 2.64. The predicted molar refractivity (Wildman–Crippen MR) is 124 cm³/mol. The van der Waals surface area contributed by atoms with Crippen LogP contribution in [0.15, 0.2) is 0 Å². The van der Waals surface area contributed by atoms with Gasteiger partial charge in [0.15, 0.2) is 0 Å². The van der Waals surface area contributed by atoms with Crippen LogP contribution in [0.5, 0.6) is 0 Å². The molecule has 26 heavy (non-hydrogen) atoms. The Balaban J connectivity index is 0.000000263. The van der Waals surface area contributed by atoms with Crippen LogP contribution in [0.1, 0.15) is 65.2 Å². The Hall–Kier alpha value is 1.66. The standard InChI is InChI=1S/C10H21N.C9H19N.C2H5.CH3.2In/c1-4-7-9-11(6-3)10-8-5-2;1-4-6-8-10(3)9-7-5-2;1-2;;;/h1-2,4-10H2,3H3;1-2,4-9H2,3H3;1H2,2H3;1H3;;. The summed E-state index contributed by atoms with van der Waals surface area (Å²) in [7, 11) is 2.27. The molecule has 0 aromatic rings. The van der Waals surface area contributed by atoms with Crippen LogP contribution in [0.4, 0.5) is 0 Å². The van der Waals surface area contributed by atoms with E-state index < -0.39 is 42.9 Å². The van der Waals surface area contributed by atoms with Gasteiger partial charge in [-0.25, -0.2) is 0 Å². The molecule has 0 aromatic heterocycles. The molecule has 0 unspecified atom stereocenters. The molecule has 152 valence electrons. The predicted octanol–water partition coefficient (Wildman–Crippen LogP) is 6.01. The van der Waals surface area contributed by atoms with Crippen LogP contribution in [0, 0.1) is 0 Å². The van der Waals surface area contributed by atoms with Crippen molar-refractivity contribution in [2.45, 2.75) is 90.8 Å². The molecule has 0 aromatic carbocycles. The van der Waals surface area contributed by atoms with Crippen LogP contribution < -0.4 is 0 Å². The number of hydrogen-bond donors (Lipinski definition) is 0. The van der Waals surface area contributed by atoms with Gasteiger partial charge >= 0.3 is 183 Å². The van der Waals surface area contributed by atoms with E-state index in [1.165, 1.54) is 71.2 Å². The molecule has 2 rings (SSSR count). The van der Waals surface area contributed by atoms with Crippen molar-refractivity contribution in [2.24, 2.45) is 0 Å². The molecular formula is C22H48In2N2. The van der Waals surface area contributed by atoms with E-state index in [1.54, 1.807) is 33.7 Å². The van der Waals surface area contributed by atoms with E-state index in [0.29, 0.717) is 0 Å². The molecule has 0 bridgehead atoms. The molecule has 2 fully saturated rings. The first-order chi connectivity index (χ1) is 12.7. The van der Waals surface area contributed by atoms with Crippen LogP contribution in [0.2, 0.25) is 25.6 Å². The van der Waals surface area contributed by atoms with Crippen molar-refractivity contribution in [1.29, 1.82) is 0 Å². The van der Waals surface area contributed by atoms with E-state index in [2.05, 4.69) is 35.4 Å². The van der Waals surface area contributed by atoms with Crippen molar-refractivity contribution < 1.29 is 0 Å². The Bertz CT molecular complexity index is 261. The van der Waals surface area contributed by atoms with Crippen LogP contribution in [0.3, 0.4) is 0 Å². The summed E-state index contributed by atoms with van der Waals surface area (Å²) in [5.74, 6) is 0. The molecule has 0 atom stereocenters. The molecule has 2 aliphatic rings. The molecule has 2 saturated heterocycles. The van der Waals surface area contributed by atoms with Gasteiger partial charge in [-0.15, -0.1) is 0 Å². The summed E-state index contributed by atoms with van der Waals surface area (Å²) < 4.78 is 10.9. The van der Waals surface area contributed by atoms with E-state index in [9.17, 15) is 0 Å². The minimum absolute atomic E-state index is 0.889. The Morgan fingerprint density at radius 3 is 1.58 bits per heavy atom. The second-order valence-corrected chi connectivity index (χ2v) is 29.3. The van der Waals surface area contributed by atoms with Crippen LogP contribution in [0.25, 0.3) is 0 Å². The Kier molecular flexibility index (Phi) is 17.3. The van der Waals surface area contributed by atoms with Crippen LogP contribution >= 0.6 is 0 Å². The third-order valence-corrected chi connectivity index (χ3v) is 24.9. The summed E-state index contributed by atoms with van der Waals surface area (Å²) in [6.45, 7) is 11.5. The first-order valence-corrected chi connectivity index (χ1v) is 27.0. The minimum atomic E-state index is -0.945. The normalized spacial score (nSPS) is 23.1. The van der Waals surface area contributed by atoms with Gasteiger partial charge in [-0.1, -0.05) is 0 Å². The third kappa shape index (κ3) is 13.8. The monoisotopic (exact) mass is 570 g/mol. The van der Waals surface area contributed by atoms with Crippen LogP contribution in [-0.4, -0.2) is 92.4 Å². The van der Waals surface area contributed by atoms with E-state index in [4.69, 9.17) is 0 Å². The zero-order valence-electron chi connectivity index (χ0n) is 18.8. The van der Waals surface area contributed by atoms with E-state index in [1.807, 2.05) is 0 Å². The summed E-state index contributed by atoms with van der Waals surface area (Å²) >= 11 is -1.83. The van der Waals surface area contributed by atoms with Gasteiger partial charge < -0.3 is 0 Å². The fourth-order valence-corrected chi connectivity index (χ4v) is 19.1. The average Bonchev–Trinajstić information content (AvgIpc) is 2.66. The molecule has 0 N–H and O–H groups in total. The second-order valence-electron chi connectivity index (χ2n) is 9.10. The summed E-state index contributed by atoms with van der Waals surface area (Å²) in [6.07, 6.45) is 12.0. The summed E-state index contributed by atoms with van der Waals surface area (Å²) in [5.41, 5.74) is 0. The van der Waals surface area contributed by atoms with Crippen molar-refractivity contribution in [2.75, 3.05) is 39.8 Å². The molecule has 0 saturated carbocycles. The molecule has 4 heteroatoms. The SMILES string of the molecule is CCN1CCC[CH2][In]([CH2]C)[CH2]CCC1.CN1CCC[CH2][In]([CH3])[CH2]CCC1. The second kappa shape index (κ2) is 17.5. The van der Waals surface area contributed by atoms with Crippen molar-refractivity contribution >= 4 is 42.9 Å². The number of nitrogens with zero attached hydrogens (tertiary/aromatic N) is 2. The zero-order valence-corrected chi connectivity index (χ0v) is 25.4. The molecule has 0 aliphatic carbocycles. The Morgan fingerprint density at radius 1 is 0.654 bits per heavy atom. The Morgan fingerprint density at radius 2 is 1.12 bits per heavy atom. The molecule has 0 radical (unpaired) electrons. The van der Waals surface area contributed by atoms with Crippen molar-refractivity contribution in [3.8, 4) is 0 Å². The summed E-state index contributed by atoms with van der Waals surface area (Å²) in [4.78, 5) is 5.15. The molecule has 2 heterocycles. The van der Waals surface area contributed by atoms with Crippen molar-refractivity contribution in [1.82, 2.24) is 9.80 Å². The fraction of sp³-hybridized carbons (Fsp3) is 1.00. The first kappa shape index (κ1) is 25.7. The quantitative estimate of drug-likeness (QED) is 0.401. The molecule has 2 aliphatic heterocycles. The maximum absolute atomic E-state index is 2.64. The molecule has 2 nitrogen and oxygen atoms in total. The topological polar surface area (TPSA) is 6.48 Å². The molecule has 0 amide bonds. The fourth-order valence-electron chi connectivity index (χ4n) is 4.52. The van der Waals surface area contributed by atoms with Crippen molar-refractivity contribution in [3.05, 3.63) is 0 Å². The van der Waals surface area contributed by atoms with Gasteiger partial charge in [0.05, 0.1) is 0 Å². The van der Waals surface area contributed by atoms with Gasteiger partial charge in [0.2, 0.25) is 0 Å².